The highest BCUT2D eigenvalue weighted by Gasteiger charge is 2.21. The van der Waals surface area contributed by atoms with Gasteiger partial charge in [-0.05, 0) is 14.0 Å². The molecule has 7 heteroatoms. The lowest BCUT2D eigenvalue weighted by molar-refractivity contribution is 0.149. The summed E-state index contributed by atoms with van der Waals surface area (Å²) in [6.07, 6.45) is 0. The van der Waals surface area contributed by atoms with Crippen LogP contribution in [0.15, 0.2) is 36.0 Å². The number of nitrogen functional groups attached to an aromatic ring is 1. The maximum atomic E-state index is 6.49. The molecule has 1 aromatic carbocycles. The Kier molecular flexibility index (Phi) is 8.35. The fourth-order valence-corrected chi connectivity index (χ4v) is 3.35. The molecular formula is C21H33ClN6. The van der Waals surface area contributed by atoms with Gasteiger partial charge in [-0.25, -0.2) is 4.68 Å². The average Bonchev–Trinajstić information content (AvgIpc) is 3.05. The summed E-state index contributed by atoms with van der Waals surface area (Å²) in [4.78, 5) is 4.79. The summed E-state index contributed by atoms with van der Waals surface area (Å²) in [5, 5.41) is 5.23. The lowest BCUT2D eigenvalue weighted by Crippen LogP contribution is -2.45. The second-order valence-electron chi connectivity index (χ2n) is 6.84. The SMILES string of the molecule is C/C(N)=C(\Cl)c1c(-c2ccccc2)nn(CCN2CCN(C)CC2)c1N.CC. The van der Waals surface area contributed by atoms with E-state index in [2.05, 4.69) is 16.8 Å². The zero-order chi connectivity index (χ0) is 20.7. The molecule has 0 aliphatic carbocycles. The van der Waals surface area contributed by atoms with Gasteiger partial charge in [-0.2, -0.15) is 5.10 Å². The monoisotopic (exact) mass is 404 g/mol. The topological polar surface area (TPSA) is 76.3 Å². The molecule has 1 aliphatic rings. The third-order valence-electron chi connectivity index (χ3n) is 4.83. The van der Waals surface area contributed by atoms with Crippen LogP contribution in [0.25, 0.3) is 16.3 Å². The van der Waals surface area contributed by atoms with Gasteiger partial charge in [-0.15, -0.1) is 0 Å². The van der Waals surface area contributed by atoms with Crippen LogP contribution in [-0.4, -0.2) is 59.4 Å². The molecule has 1 saturated heterocycles. The fraction of sp³-hybridized carbons (Fsp3) is 0.476. The van der Waals surface area contributed by atoms with Crippen molar-refractivity contribution in [3.63, 3.8) is 0 Å². The predicted molar refractivity (Wildman–Crippen MR) is 120 cm³/mol. The van der Waals surface area contributed by atoms with Gasteiger partial charge in [-0.3, -0.25) is 4.90 Å². The van der Waals surface area contributed by atoms with Gasteiger partial charge in [0.05, 0.1) is 17.1 Å². The minimum absolute atomic E-state index is 0.465. The quantitative estimate of drug-likeness (QED) is 0.799. The Morgan fingerprint density at radius 3 is 2.25 bits per heavy atom. The predicted octanol–water partition coefficient (Wildman–Crippen LogP) is 3.29. The van der Waals surface area contributed by atoms with Crippen LogP contribution in [0.3, 0.4) is 0 Å². The molecule has 0 amide bonds. The van der Waals surface area contributed by atoms with Crippen LogP contribution in [0.4, 0.5) is 5.82 Å². The minimum Gasteiger partial charge on any atom is -0.401 e. The van der Waals surface area contributed by atoms with Crippen molar-refractivity contribution in [1.29, 1.82) is 0 Å². The number of halogens is 1. The summed E-state index contributed by atoms with van der Waals surface area (Å²) >= 11 is 6.49. The molecule has 4 N–H and O–H groups in total. The van der Waals surface area contributed by atoms with Crippen molar-refractivity contribution in [1.82, 2.24) is 19.6 Å². The van der Waals surface area contributed by atoms with Crippen LogP contribution < -0.4 is 11.5 Å². The third kappa shape index (κ3) is 5.28. The van der Waals surface area contributed by atoms with Crippen molar-refractivity contribution >= 4 is 22.5 Å². The van der Waals surface area contributed by atoms with E-state index in [1.165, 1.54) is 0 Å². The first-order valence-electron chi connectivity index (χ1n) is 9.92. The number of hydrogen-bond acceptors (Lipinski definition) is 5. The van der Waals surface area contributed by atoms with E-state index in [4.69, 9.17) is 28.2 Å². The summed E-state index contributed by atoms with van der Waals surface area (Å²) in [6, 6.07) is 9.94. The normalized spacial score (nSPS) is 16.3. The minimum atomic E-state index is 0.465. The number of piperazine rings is 1. The molecule has 0 saturated carbocycles. The van der Waals surface area contributed by atoms with E-state index in [9.17, 15) is 0 Å². The molecule has 1 aromatic heterocycles. The molecule has 154 valence electrons. The van der Waals surface area contributed by atoms with E-state index in [0.29, 0.717) is 16.5 Å². The Hall–Kier alpha value is -2.02. The number of anilines is 1. The van der Waals surface area contributed by atoms with E-state index < -0.39 is 0 Å². The summed E-state index contributed by atoms with van der Waals surface area (Å²) < 4.78 is 1.85. The van der Waals surface area contributed by atoms with Crippen LogP contribution in [0.2, 0.25) is 0 Å². The molecule has 0 spiro atoms. The van der Waals surface area contributed by atoms with Gasteiger partial charge in [0, 0.05) is 44.0 Å². The van der Waals surface area contributed by atoms with Gasteiger partial charge in [0.1, 0.15) is 11.5 Å². The number of nitrogens with zero attached hydrogens (tertiary/aromatic N) is 4. The molecule has 0 atom stereocenters. The molecule has 0 unspecified atom stereocenters. The first-order valence-corrected chi connectivity index (χ1v) is 10.3. The molecule has 0 radical (unpaired) electrons. The number of hydrogen-bond donors (Lipinski definition) is 2. The number of allylic oxidation sites excluding steroid dienone is 1. The Bertz CT molecular complexity index is 772. The number of nitrogens with two attached hydrogens (primary N) is 2. The number of rotatable bonds is 5. The largest absolute Gasteiger partial charge is 0.401 e. The van der Waals surface area contributed by atoms with E-state index in [1.807, 2.05) is 48.9 Å². The lowest BCUT2D eigenvalue weighted by Gasteiger charge is -2.32. The first-order chi connectivity index (χ1) is 13.5. The molecule has 1 fully saturated rings. The molecule has 6 nitrogen and oxygen atoms in total. The Morgan fingerprint density at radius 2 is 1.68 bits per heavy atom. The highest BCUT2D eigenvalue weighted by Crippen LogP contribution is 2.35. The summed E-state index contributed by atoms with van der Waals surface area (Å²) in [5.41, 5.74) is 15.4. The number of likely N-dealkylation sites (N-methyl/N-ethyl adjacent to an activating group) is 1. The van der Waals surface area contributed by atoms with Crippen LogP contribution in [0.1, 0.15) is 26.3 Å². The zero-order valence-corrected chi connectivity index (χ0v) is 18.2. The zero-order valence-electron chi connectivity index (χ0n) is 17.5. The van der Waals surface area contributed by atoms with Crippen LogP contribution >= 0.6 is 11.6 Å². The van der Waals surface area contributed by atoms with E-state index in [1.54, 1.807) is 6.92 Å². The maximum absolute atomic E-state index is 6.49. The van der Waals surface area contributed by atoms with Gasteiger partial charge in [0.2, 0.25) is 0 Å². The Labute approximate surface area is 173 Å². The third-order valence-corrected chi connectivity index (χ3v) is 5.32. The van der Waals surface area contributed by atoms with E-state index in [0.717, 1.165) is 56.1 Å². The van der Waals surface area contributed by atoms with Crippen LogP contribution in [0, 0.1) is 0 Å². The van der Waals surface area contributed by atoms with Crippen molar-refractivity contribution < 1.29 is 0 Å². The van der Waals surface area contributed by atoms with Crippen molar-refractivity contribution in [3.05, 3.63) is 41.6 Å². The molecular weight excluding hydrogens is 372 g/mol. The standard InChI is InChI=1S/C19H27ClN6.C2H6/c1-14(21)17(20)16-18(15-6-4-3-5-7-15)23-26(19(16)22)13-12-25-10-8-24(2)9-11-25;1-2/h3-7H,8-13,21-22H2,1-2H3;1-2H3/b17-14+;. The van der Waals surface area contributed by atoms with Gasteiger partial charge < -0.3 is 16.4 Å². The molecule has 28 heavy (non-hydrogen) atoms. The van der Waals surface area contributed by atoms with Crippen LogP contribution in [-0.2, 0) is 6.54 Å². The summed E-state index contributed by atoms with van der Waals surface area (Å²) in [6.45, 7) is 11.7. The molecule has 3 rings (SSSR count). The van der Waals surface area contributed by atoms with Gasteiger partial charge >= 0.3 is 0 Å². The Balaban J connectivity index is 0.00000136. The van der Waals surface area contributed by atoms with E-state index in [-0.39, 0.29) is 0 Å². The van der Waals surface area contributed by atoms with Crippen molar-refractivity contribution in [2.45, 2.75) is 27.3 Å². The number of aromatic nitrogens is 2. The van der Waals surface area contributed by atoms with Gasteiger partial charge in [0.15, 0.2) is 0 Å². The fourth-order valence-electron chi connectivity index (χ4n) is 3.16. The van der Waals surface area contributed by atoms with Crippen LogP contribution in [0.5, 0.6) is 0 Å². The lowest BCUT2D eigenvalue weighted by atomic mass is 10.1. The second-order valence-corrected chi connectivity index (χ2v) is 7.22. The van der Waals surface area contributed by atoms with Crippen molar-refractivity contribution in [2.24, 2.45) is 5.73 Å². The summed E-state index contributed by atoms with van der Waals surface area (Å²) in [7, 11) is 2.16. The highest BCUT2D eigenvalue weighted by molar-refractivity contribution is 6.50. The maximum Gasteiger partial charge on any atom is 0.131 e. The van der Waals surface area contributed by atoms with E-state index >= 15 is 0 Å². The smallest absolute Gasteiger partial charge is 0.131 e. The number of benzene rings is 1. The molecule has 1 aliphatic heterocycles. The first kappa shape index (κ1) is 22.3. The average molecular weight is 405 g/mol. The van der Waals surface area contributed by atoms with Crippen molar-refractivity contribution in [3.8, 4) is 11.3 Å². The van der Waals surface area contributed by atoms with Crippen molar-refractivity contribution in [2.75, 3.05) is 45.5 Å². The second kappa shape index (κ2) is 10.5. The van der Waals surface area contributed by atoms with Gasteiger partial charge in [-0.1, -0.05) is 55.8 Å². The molecule has 0 bridgehead atoms. The van der Waals surface area contributed by atoms with Gasteiger partial charge in [0.25, 0.3) is 0 Å². The Morgan fingerprint density at radius 1 is 1.07 bits per heavy atom. The molecule has 2 heterocycles. The summed E-state index contributed by atoms with van der Waals surface area (Å²) in [5.74, 6) is 0.563. The highest BCUT2D eigenvalue weighted by atomic mass is 35.5. The molecule has 2 aromatic rings.